The highest BCUT2D eigenvalue weighted by atomic mass is 16.5. The highest BCUT2D eigenvalue weighted by Crippen LogP contribution is 2.43. The van der Waals surface area contributed by atoms with Crippen LogP contribution in [0.5, 0.6) is 0 Å². The molecular weight excluding hydrogens is 737 g/mol. The molecule has 2 amide bonds. The lowest BCUT2D eigenvalue weighted by Crippen LogP contribution is -2.52. The summed E-state index contributed by atoms with van der Waals surface area (Å²) in [6.07, 6.45) is -2.05. The van der Waals surface area contributed by atoms with Crippen molar-refractivity contribution in [3.8, 4) is 0 Å². The molecule has 2 N–H and O–H groups in total. The van der Waals surface area contributed by atoms with Gasteiger partial charge in [0, 0.05) is 24.1 Å². The van der Waals surface area contributed by atoms with Gasteiger partial charge >= 0.3 is 12.2 Å². The van der Waals surface area contributed by atoms with Gasteiger partial charge in [-0.15, -0.1) is 0 Å². The van der Waals surface area contributed by atoms with Crippen LogP contribution in [0.25, 0.3) is 10.8 Å². The molecule has 0 bridgehead atoms. The number of carbonyl (C=O) groups excluding carboxylic acids is 1. The number of para-hydroxylation sites is 1. The number of carbonyl (C=O) groups is 2. The van der Waals surface area contributed by atoms with Gasteiger partial charge in [0.25, 0.3) is 0 Å². The van der Waals surface area contributed by atoms with E-state index < -0.39 is 23.9 Å². The first kappa shape index (κ1) is 39.1. The van der Waals surface area contributed by atoms with Crippen LogP contribution in [0.2, 0.25) is 0 Å². The molecule has 296 valence electrons. The van der Waals surface area contributed by atoms with Crippen LogP contribution < -0.4 is 5.32 Å². The zero-order valence-electron chi connectivity index (χ0n) is 32.6. The lowest BCUT2D eigenvalue weighted by Gasteiger charge is -2.45. The second-order valence-corrected chi connectivity index (χ2v) is 14.9. The molecule has 7 aromatic rings. The van der Waals surface area contributed by atoms with Crippen molar-refractivity contribution < 1.29 is 28.9 Å². The van der Waals surface area contributed by atoms with E-state index >= 15 is 0 Å². The molecule has 0 aliphatic carbocycles. The molecule has 1 saturated heterocycles. The summed E-state index contributed by atoms with van der Waals surface area (Å²) in [7, 11) is 0. The van der Waals surface area contributed by atoms with E-state index in [2.05, 4.69) is 72.0 Å². The molecule has 1 heterocycles. The average molecular weight is 783 g/mol. The third-order valence-corrected chi connectivity index (χ3v) is 11.1. The predicted octanol–water partition coefficient (Wildman–Crippen LogP) is 10.9. The SMILES string of the molecule is O=C(Nc1ccccc1)OCc1ccc(C2C(COC(c3ccccc3)(c3ccccc3)c3ccccc3)CN(C(=O)O)CC2OCc2ccc3ccccc3c2)cc1. The molecule has 1 aliphatic heterocycles. The summed E-state index contributed by atoms with van der Waals surface area (Å²) < 4.78 is 19.7. The fourth-order valence-corrected chi connectivity index (χ4v) is 8.25. The largest absolute Gasteiger partial charge is 0.465 e. The first-order valence-electron chi connectivity index (χ1n) is 19.9. The number of hydrogen-bond donors (Lipinski definition) is 2. The Kier molecular flexibility index (Phi) is 12.1. The van der Waals surface area contributed by atoms with Gasteiger partial charge in [0.2, 0.25) is 0 Å². The quantitative estimate of drug-likeness (QED) is 0.113. The summed E-state index contributed by atoms with van der Waals surface area (Å²) in [4.78, 5) is 26.9. The normalized spacial score (nSPS) is 16.7. The van der Waals surface area contributed by atoms with Gasteiger partial charge in [0.05, 0.1) is 25.9 Å². The van der Waals surface area contributed by atoms with Crippen molar-refractivity contribution in [1.82, 2.24) is 4.90 Å². The number of piperidine rings is 1. The molecule has 0 aromatic heterocycles. The summed E-state index contributed by atoms with van der Waals surface area (Å²) >= 11 is 0. The smallest absolute Gasteiger partial charge is 0.411 e. The molecule has 7 aromatic carbocycles. The second-order valence-electron chi connectivity index (χ2n) is 14.9. The fraction of sp³-hybridized carbons (Fsp3) is 0.176. The maximum Gasteiger partial charge on any atom is 0.411 e. The summed E-state index contributed by atoms with van der Waals surface area (Å²) in [5.74, 6) is -0.557. The Bertz CT molecular complexity index is 2350. The minimum absolute atomic E-state index is 0.0819. The first-order valence-corrected chi connectivity index (χ1v) is 19.9. The summed E-state index contributed by atoms with van der Waals surface area (Å²) in [6.45, 7) is 1.04. The molecule has 0 saturated carbocycles. The van der Waals surface area contributed by atoms with Crippen molar-refractivity contribution in [3.63, 3.8) is 0 Å². The Labute approximate surface area is 344 Å². The van der Waals surface area contributed by atoms with E-state index in [9.17, 15) is 14.7 Å². The molecule has 8 nitrogen and oxygen atoms in total. The van der Waals surface area contributed by atoms with Gasteiger partial charge in [0.1, 0.15) is 12.2 Å². The number of rotatable bonds is 13. The van der Waals surface area contributed by atoms with Gasteiger partial charge in [-0.2, -0.15) is 0 Å². The predicted molar refractivity (Wildman–Crippen MR) is 230 cm³/mol. The molecule has 1 aliphatic rings. The molecule has 0 spiro atoms. The molecule has 8 rings (SSSR count). The number of hydrogen-bond acceptors (Lipinski definition) is 5. The molecule has 59 heavy (non-hydrogen) atoms. The number of amides is 2. The van der Waals surface area contributed by atoms with Crippen LogP contribution in [-0.2, 0) is 33.0 Å². The van der Waals surface area contributed by atoms with E-state index in [1.807, 2.05) is 109 Å². The van der Waals surface area contributed by atoms with E-state index in [4.69, 9.17) is 14.2 Å². The van der Waals surface area contributed by atoms with Crippen LogP contribution in [0.4, 0.5) is 15.3 Å². The Balaban J connectivity index is 1.13. The van der Waals surface area contributed by atoms with Gasteiger partial charge < -0.3 is 24.2 Å². The van der Waals surface area contributed by atoms with Crippen LogP contribution in [0, 0.1) is 5.92 Å². The van der Waals surface area contributed by atoms with Crippen LogP contribution in [0.15, 0.2) is 188 Å². The van der Waals surface area contributed by atoms with Gasteiger partial charge in [-0.1, -0.05) is 170 Å². The lowest BCUT2D eigenvalue weighted by molar-refractivity contribution is -0.0755. The summed E-state index contributed by atoms with van der Waals surface area (Å²) in [5.41, 5.74) is 5.34. The monoisotopic (exact) mass is 782 g/mol. The Morgan fingerprint density at radius 1 is 0.610 bits per heavy atom. The van der Waals surface area contributed by atoms with Crippen molar-refractivity contribution in [1.29, 1.82) is 0 Å². The Hall–Kier alpha value is -6.74. The van der Waals surface area contributed by atoms with Crippen molar-refractivity contribution in [3.05, 3.63) is 221 Å². The molecule has 8 heteroatoms. The fourth-order valence-electron chi connectivity index (χ4n) is 8.25. The van der Waals surface area contributed by atoms with E-state index in [0.29, 0.717) is 12.3 Å². The number of nitrogens with zero attached hydrogens (tertiary/aromatic N) is 1. The van der Waals surface area contributed by atoms with Crippen molar-refractivity contribution in [2.75, 3.05) is 25.0 Å². The maximum absolute atomic E-state index is 12.8. The van der Waals surface area contributed by atoms with Crippen molar-refractivity contribution in [2.45, 2.75) is 30.8 Å². The van der Waals surface area contributed by atoms with Gasteiger partial charge in [-0.25, -0.2) is 9.59 Å². The molecule has 3 unspecified atom stereocenters. The van der Waals surface area contributed by atoms with Gasteiger partial charge in [-0.3, -0.25) is 5.32 Å². The number of anilines is 1. The first-order chi connectivity index (χ1) is 29.0. The molecule has 1 fully saturated rings. The summed E-state index contributed by atoms with van der Waals surface area (Å²) in [6, 6.07) is 62.2. The third kappa shape index (κ3) is 9.05. The zero-order chi connectivity index (χ0) is 40.4. The zero-order valence-corrected chi connectivity index (χ0v) is 32.6. The van der Waals surface area contributed by atoms with Crippen molar-refractivity contribution in [2.24, 2.45) is 5.92 Å². The molecular formula is C51H46N2O6. The standard InChI is InChI=1S/C51H46N2O6/c54-49(52-46-23-11-4-12-24-46)58-34-37-25-29-40(30-26-37)48-42(32-53(50(55)56)33-47(48)57-35-38-27-28-39-15-13-14-16-41(39)31-38)36-59-51(43-17-5-1-6-18-43,44-19-7-2-8-20-44)45-21-9-3-10-22-45/h1-31,42,47-48H,32-36H2,(H,52,54)(H,55,56). The van der Waals surface area contributed by atoms with Gasteiger partial charge in [0.15, 0.2) is 0 Å². The van der Waals surface area contributed by atoms with E-state index in [1.165, 1.54) is 4.90 Å². The van der Waals surface area contributed by atoms with Crippen LogP contribution in [0.1, 0.15) is 39.3 Å². The molecule has 3 atom stereocenters. The number of ether oxygens (including phenoxy) is 3. The molecule has 0 radical (unpaired) electrons. The van der Waals surface area contributed by atoms with E-state index in [-0.39, 0.29) is 38.1 Å². The Morgan fingerprint density at radius 3 is 1.75 bits per heavy atom. The third-order valence-electron chi connectivity index (χ3n) is 11.1. The van der Waals surface area contributed by atoms with E-state index in [0.717, 1.165) is 44.2 Å². The van der Waals surface area contributed by atoms with Crippen LogP contribution in [0.3, 0.4) is 0 Å². The second kappa shape index (κ2) is 18.2. The Morgan fingerprint density at radius 2 is 1.15 bits per heavy atom. The number of likely N-dealkylation sites (tertiary alicyclic amines) is 1. The lowest BCUT2D eigenvalue weighted by atomic mass is 9.77. The van der Waals surface area contributed by atoms with Crippen molar-refractivity contribution >= 4 is 28.6 Å². The maximum atomic E-state index is 12.8. The minimum Gasteiger partial charge on any atom is -0.465 e. The number of fused-ring (bicyclic) bond motifs is 1. The van der Waals surface area contributed by atoms with Gasteiger partial charge in [-0.05, 0) is 62.4 Å². The highest BCUT2D eigenvalue weighted by molar-refractivity contribution is 5.84. The van der Waals surface area contributed by atoms with Crippen LogP contribution in [-0.4, -0.2) is 48.0 Å². The number of nitrogens with one attached hydrogen (secondary N) is 1. The highest BCUT2D eigenvalue weighted by Gasteiger charge is 2.44. The van der Waals surface area contributed by atoms with Crippen LogP contribution >= 0.6 is 0 Å². The topological polar surface area (TPSA) is 97.3 Å². The average Bonchev–Trinajstić information content (AvgIpc) is 3.29. The number of carboxylic acid groups (broad SMARTS) is 1. The van der Waals surface area contributed by atoms with E-state index in [1.54, 1.807) is 12.1 Å². The summed E-state index contributed by atoms with van der Waals surface area (Å²) in [5, 5.41) is 15.5. The number of benzene rings is 7. The minimum atomic E-state index is -1.01.